The molecule has 0 amide bonds. The summed E-state index contributed by atoms with van der Waals surface area (Å²) < 4.78 is 20.4. The summed E-state index contributed by atoms with van der Waals surface area (Å²) in [6, 6.07) is 6.66. The Balaban J connectivity index is 3.12. The second-order valence-corrected chi connectivity index (χ2v) is 7.67. The van der Waals surface area contributed by atoms with Crippen molar-refractivity contribution in [3.05, 3.63) is 35.4 Å². The van der Waals surface area contributed by atoms with Crippen LogP contribution in [0.1, 0.15) is 17.2 Å². The van der Waals surface area contributed by atoms with Gasteiger partial charge in [0.05, 0.1) is 0 Å². The van der Waals surface area contributed by atoms with Gasteiger partial charge in [-0.3, -0.25) is 0 Å². The molecule has 0 saturated heterocycles. The largest absolute Gasteiger partial charge is 0.384 e. The highest BCUT2D eigenvalue weighted by atomic mass is 35.5. The van der Waals surface area contributed by atoms with Crippen LogP contribution in [-0.4, -0.2) is 23.4 Å². The van der Waals surface area contributed by atoms with E-state index in [1.165, 1.54) is 0 Å². The molecule has 0 bridgehead atoms. The molecule has 1 rings (SSSR count). The molecule has 1 N–H and O–H groups in total. The zero-order chi connectivity index (χ0) is 12.6. The molecule has 6 heteroatoms. The smallest absolute Gasteiger partial charge is 0.247 e. The van der Waals surface area contributed by atoms with Gasteiger partial charge in [-0.25, -0.2) is 8.42 Å². The first kappa shape index (κ1) is 13.8. The Morgan fingerprint density at radius 1 is 1.25 bits per heavy atom. The van der Waals surface area contributed by atoms with Gasteiger partial charge in [-0.05, 0) is 12.5 Å². The standard InChI is InChI=1S/C10H12Cl2O3S/c1-7-3-5-8(6-4-7)9(13)10(11,12)16(2,14)15/h3-6,9,13H,1-2H3. The molecule has 0 aliphatic heterocycles. The number of aliphatic hydroxyl groups is 1. The van der Waals surface area contributed by atoms with Crippen molar-refractivity contribution in [2.24, 2.45) is 0 Å². The number of halogens is 2. The molecule has 1 unspecified atom stereocenters. The molecule has 90 valence electrons. The van der Waals surface area contributed by atoms with Gasteiger partial charge in [-0.15, -0.1) is 0 Å². The monoisotopic (exact) mass is 282 g/mol. The van der Waals surface area contributed by atoms with E-state index in [-0.39, 0.29) is 0 Å². The van der Waals surface area contributed by atoms with Crippen LogP contribution in [0.15, 0.2) is 24.3 Å². The Morgan fingerprint density at radius 3 is 2.06 bits per heavy atom. The van der Waals surface area contributed by atoms with Gasteiger partial charge in [-0.2, -0.15) is 0 Å². The van der Waals surface area contributed by atoms with E-state index < -0.39 is 19.6 Å². The van der Waals surface area contributed by atoms with Gasteiger partial charge >= 0.3 is 0 Å². The molecule has 0 aliphatic carbocycles. The highest BCUT2D eigenvalue weighted by Crippen LogP contribution is 2.40. The predicted octanol–water partition coefficient (Wildman–Crippen LogP) is 2.20. The number of benzene rings is 1. The van der Waals surface area contributed by atoms with E-state index in [0.29, 0.717) is 5.56 Å². The Hall–Kier alpha value is -0.290. The summed E-state index contributed by atoms with van der Waals surface area (Å²) in [6.07, 6.45) is -0.601. The molecular formula is C10H12Cl2O3S. The normalized spacial score (nSPS) is 14.8. The fourth-order valence-corrected chi connectivity index (χ4v) is 1.94. The number of sulfone groups is 1. The fourth-order valence-electron chi connectivity index (χ4n) is 1.15. The van der Waals surface area contributed by atoms with Crippen LogP contribution in [-0.2, 0) is 9.84 Å². The van der Waals surface area contributed by atoms with Gasteiger partial charge in [-0.1, -0.05) is 53.0 Å². The number of rotatable bonds is 3. The minimum absolute atomic E-state index is 0.362. The molecule has 16 heavy (non-hydrogen) atoms. The number of hydrogen-bond acceptors (Lipinski definition) is 3. The maximum Gasteiger partial charge on any atom is 0.247 e. The number of alkyl halides is 2. The first-order valence-electron chi connectivity index (χ1n) is 4.48. The lowest BCUT2D eigenvalue weighted by Gasteiger charge is -2.24. The van der Waals surface area contributed by atoms with Crippen LogP contribution in [0.2, 0.25) is 0 Å². The van der Waals surface area contributed by atoms with Gasteiger partial charge in [0.15, 0.2) is 9.84 Å². The zero-order valence-electron chi connectivity index (χ0n) is 8.81. The SMILES string of the molecule is Cc1ccc(C(O)C(Cl)(Cl)S(C)(=O)=O)cc1. The Bertz CT molecular complexity index is 465. The summed E-state index contributed by atoms with van der Waals surface area (Å²) >= 11 is 11.3. The Kier molecular flexibility index (Phi) is 3.90. The van der Waals surface area contributed by atoms with Crippen molar-refractivity contribution in [2.75, 3.05) is 6.26 Å². The average Bonchev–Trinajstić information content (AvgIpc) is 2.16. The van der Waals surface area contributed by atoms with E-state index in [1.54, 1.807) is 24.3 Å². The minimum Gasteiger partial charge on any atom is -0.384 e. The third-order valence-corrected chi connectivity index (χ3v) is 5.51. The number of aryl methyl sites for hydroxylation is 1. The third kappa shape index (κ3) is 2.69. The minimum atomic E-state index is -3.78. The molecular weight excluding hydrogens is 271 g/mol. The van der Waals surface area contributed by atoms with Crippen molar-refractivity contribution in [1.29, 1.82) is 0 Å². The number of aliphatic hydroxyl groups excluding tert-OH is 1. The van der Waals surface area contributed by atoms with E-state index in [1.807, 2.05) is 6.92 Å². The van der Waals surface area contributed by atoms with Gasteiger partial charge in [0.25, 0.3) is 0 Å². The van der Waals surface area contributed by atoms with Crippen LogP contribution in [0, 0.1) is 6.92 Å². The van der Waals surface area contributed by atoms with Crippen molar-refractivity contribution in [3.8, 4) is 0 Å². The molecule has 1 atom stereocenters. The van der Waals surface area contributed by atoms with E-state index in [4.69, 9.17) is 23.2 Å². The van der Waals surface area contributed by atoms with E-state index in [9.17, 15) is 13.5 Å². The zero-order valence-corrected chi connectivity index (χ0v) is 11.1. The first-order chi connectivity index (χ1) is 7.16. The van der Waals surface area contributed by atoms with Gasteiger partial charge in [0.1, 0.15) is 6.10 Å². The van der Waals surface area contributed by atoms with Crippen LogP contribution in [0.25, 0.3) is 0 Å². The first-order valence-corrected chi connectivity index (χ1v) is 7.13. The van der Waals surface area contributed by atoms with Crippen molar-refractivity contribution in [2.45, 2.75) is 16.7 Å². The molecule has 0 aliphatic rings. The van der Waals surface area contributed by atoms with Crippen LogP contribution in [0.3, 0.4) is 0 Å². The van der Waals surface area contributed by atoms with Crippen LogP contribution in [0.4, 0.5) is 0 Å². The highest BCUT2D eigenvalue weighted by Gasteiger charge is 2.44. The van der Waals surface area contributed by atoms with E-state index in [2.05, 4.69) is 0 Å². The Morgan fingerprint density at radius 2 is 1.69 bits per heavy atom. The summed E-state index contributed by atoms with van der Waals surface area (Å²) in [5, 5.41) is 9.83. The quantitative estimate of drug-likeness (QED) is 0.865. The maximum atomic E-state index is 11.3. The molecule has 0 radical (unpaired) electrons. The lowest BCUT2D eigenvalue weighted by atomic mass is 10.1. The molecule has 0 saturated carbocycles. The molecule has 0 spiro atoms. The summed E-state index contributed by atoms with van der Waals surface area (Å²) in [6.45, 7) is 1.88. The summed E-state index contributed by atoms with van der Waals surface area (Å²) in [7, 11) is -3.78. The van der Waals surface area contributed by atoms with Crippen molar-refractivity contribution in [1.82, 2.24) is 0 Å². The molecule has 0 heterocycles. The maximum absolute atomic E-state index is 11.3. The Labute approximate surface area is 105 Å². The van der Waals surface area contributed by atoms with Crippen molar-refractivity contribution < 1.29 is 13.5 Å². The topological polar surface area (TPSA) is 54.4 Å². The van der Waals surface area contributed by atoms with Crippen LogP contribution in [0.5, 0.6) is 0 Å². The second kappa shape index (κ2) is 4.53. The van der Waals surface area contributed by atoms with Crippen molar-refractivity contribution in [3.63, 3.8) is 0 Å². The molecule has 1 aromatic carbocycles. The summed E-state index contributed by atoms with van der Waals surface area (Å²) in [4.78, 5) is 0. The van der Waals surface area contributed by atoms with E-state index in [0.717, 1.165) is 11.8 Å². The predicted molar refractivity (Wildman–Crippen MR) is 65.4 cm³/mol. The molecule has 1 aromatic rings. The number of hydrogen-bond donors (Lipinski definition) is 1. The second-order valence-electron chi connectivity index (χ2n) is 3.65. The van der Waals surface area contributed by atoms with E-state index >= 15 is 0 Å². The van der Waals surface area contributed by atoms with Gasteiger partial charge in [0, 0.05) is 6.26 Å². The lowest BCUT2D eigenvalue weighted by Crippen LogP contribution is -2.32. The molecule has 0 fully saturated rings. The van der Waals surface area contributed by atoms with Crippen LogP contribution < -0.4 is 0 Å². The average molecular weight is 283 g/mol. The molecule has 0 aromatic heterocycles. The van der Waals surface area contributed by atoms with Gasteiger partial charge in [0.2, 0.25) is 3.67 Å². The van der Waals surface area contributed by atoms with Crippen molar-refractivity contribution >= 4 is 33.0 Å². The lowest BCUT2D eigenvalue weighted by molar-refractivity contribution is 0.181. The van der Waals surface area contributed by atoms with Gasteiger partial charge < -0.3 is 5.11 Å². The summed E-state index contributed by atoms with van der Waals surface area (Å²) in [5.41, 5.74) is 1.35. The molecule has 3 nitrogen and oxygen atoms in total. The third-order valence-electron chi connectivity index (χ3n) is 2.21. The highest BCUT2D eigenvalue weighted by molar-refractivity contribution is 7.94. The fraction of sp³-hybridized carbons (Fsp3) is 0.400. The van der Waals surface area contributed by atoms with Crippen LogP contribution >= 0.6 is 23.2 Å². The summed E-state index contributed by atoms with van der Waals surface area (Å²) in [5.74, 6) is 0.